The van der Waals surface area contributed by atoms with Crippen LogP contribution in [0.3, 0.4) is 0 Å². The first-order chi connectivity index (χ1) is 11.5. The van der Waals surface area contributed by atoms with E-state index < -0.39 is 5.97 Å². The summed E-state index contributed by atoms with van der Waals surface area (Å²) in [7, 11) is 1.97. The van der Waals surface area contributed by atoms with Crippen LogP contribution in [-0.2, 0) is 11.8 Å². The van der Waals surface area contributed by atoms with Gasteiger partial charge in [-0.25, -0.2) is 9.78 Å². The number of aromatic nitrogens is 3. The Morgan fingerprint density at radius 1 is 1.50 bits per heavy atom. The molecule has 1 aliphatic rings. The molecule has 2 aromatic rings. The topological polar surface area (TPSA) is 66.1 Å². The van der Waals surface area contributed by atoms with Crippen molar-refractivity contribution in [1.82, 2.24) is 14.1 Å². The van der Waals surface area contributed by atoms with Crippen LogP contribution in [0.5, 0.6) is 0 Å². The van der Waals surface area contributed by atoms with Gasteiger partial charge in [0.05, 0.1) is 6.61 Å². The predicted octanol–water partition coefficient (Wildman–Crippen LogP) is 2.65. The van der Waals surface area contributed by atoms with Gasteiger partial charge in [-0.15, -0.1) is 0 Å². The first-order valence-electron chi connectivity index (χ1n) is 8.13. The summed E-state index contributed by atoms with van der Waals surface area (Å²) < 4.78 is 8.58. The molecule has 1 atom stereocenters. The minimum absolute atomic E-state index is 0.0000567. The summed E-state index contributed by atoms with van der Waals surface area (Å²) in [5.74, 6) is 0.0176. The van der Waals surface area contributed by atoms with Crippen molar-refractivity contribution >= 4 is 17.6 Å². The van der Waals surface area contributed by atoms with Crippen molar-refractivity contribution in [3.8, 4) is 0 Å². The van der Waals surface area contributed by atoms with E-state index in [1.807, 2.05) is 42.9 Å². The molecule has 6 nitrogen and oxygen atoms in total. The highest BCUT2D eigenvalue weighted by Gasteiger charge is 2.26. The molecule has 1 unspecified atom stereocenters. The maximum absolute atomic E-state index is 12.7. The number of allylic oxidation sites excluding steroid dienone is 1. The highest BCUT2D eigenvalue weighted by atomic mass is 16.5. The molecular weight excluding hydrogens is 306 g/mol. The Morgan fingerprint density at radius 3 is 2.96 bits per heavy atom. The van der Waals surface area contributed by atoms with Crippen LogP contribution in [0.1, 0.15) is 54.6 Å². The number of carbonyl (C=O) groups is 1. The van der Waals surface area contributed by atoms with Gasteiger partial charge in [-0.3, -0.25) is 9.36 Å². The number of aryl methyl sites for hydroxylation is 1. The summed E-state index contributed by atoms with van der Waals surface area (Å²) in [5.41, 5.74) is 1.72. The molecule has 0 saturated carbocycles. The van der Waals surface area contributed by atoms with E-state index in [0.717, 1.165) is 24.1 Å². The quantitative estimate of drug-likeness (QED) is 0.813. The van der Waals surface area contributed by atoms with Crippen molar-refractivity contribution in [3.63, 3.8) is 0 Å². The molecule has 1 aliphatic heterocycles. The Morgan fingerprint density at radius 2 is 2.29 bits per heavy atom. The van der Waals surface area contributed by atoms with Gasteiger partial charge >= 0.3 is 5.97 Å². The molecule has 3 rings (SSSR count). The summed E-state index contributed by atoms with van der Waals surface area (Å²) in [4.78, 5) is 29.1. The van der Waals surface area contributed by atoms with Crippen molar-refractivity contribution in [2.45, 2.75) is 32.7 Å². The molecule has 0 N–H and O–H groups in total. The third kappa shape index (κ3) is 2.79. The van der Waals surface area contributed by atoms with E-state index in [1.165, 1.54) is 6.20 Å². The van der Waals surface area contributed by atoms with Crippen LogP contribution in [0.4, 0.5) is 0 Å². The van der Waals surface area contributed by atoms with Crippen molar-refractivity contribution < 1.29 is 9.53 Å². The van der Waals surface area contributed by atoms with Gasteiger partial charge in [0.15, 0.2) is 0 Å². The molecule has 126 valence electrons. The monoisotopic (exact) mass is 327 g/mol. The highest BCUT2D eigenvalue weighted by Crippen LogP contribution is 2.31. The second-order valence-electron chi connectivity index (χ2n) is 5.99. The van der Waals surface area contributed by atoms with Gasteiger partial charge in [0.25, 0.3) is 5.56 Å². The molecule has 24 heavy (non-hydrogen) atoms. The summed E-state index contributed by atoms with van der Waals surface area (Å²) in [5, 5.41) is 0. The molecule has 0 aliphatic carbocycles. The number of nitrogens with zero attached hydrogens (tertiary/aromatic N) is 3. The Labute approximate surface area is 140 Å². The molecule has 0 spiro atoms. The molecule has 3 heterocycles. The smallest absolute Gasteiger partial charge is 0.345 e. The van der Waals surface area contributed by atoms with Gasteiger partial charge in [0.1, 0.15) is 11.4 Å². The fraction of sp³-hybridized carbons (Fsp3) is 0.389. The fourth-order valence-corrected chi connectivity index (χ4v) is 3.01. The lowest BCUT2D eigenvalue weighted by Crippen LogP contribution is -2.34. The SMILES string of the molecule is CCOC(=O)c1cnc2n(c1=O)C(C)CCC2=Cc1cccn1C. The lowest BCUT2D eigenvalue weighted by atomic mass is 9.98. The second kappa shape index (κ2) is 6.47. The predicted molar refractivity (Wildman–Crippen MR) is 91.7 cm³/mol. The van der Waals surface area contributed by atoms with E-state index in [-0.39, 0.29) is 23.8 Å². The van der Waals surface area contributed by atoms with Gasteiger partial charge < -0.3 is 9.30 Å². The van der Waals surface area contributed by atoms with Crippen molar-refractivity contribution in [1.29, 1.82) is 0 Å². The molecule has 0 aromatic carbocycles. The lowest BCUT2D eigenvalue weighted by Gasteiger charge is -2.26. The Balaban J connectivity index is 2.11. The molecule has 0 saturated heterocycles. The largest absolute Gasteiger partial charge is 0.462 e. The Hall–Kier alpha value is -2.63. The average molecular weight is 327 g/mol. The minimum Gasteiger partial charge on any atom is -0.462 e. The zero-order valence-corrected chi connectivity index (χ0v) is 14.2. The number of fused-ring (bicyclic) bond motifs is 1. The first-order valence-corrected chi connectivity index (χ1v) is 8.13. The molecule has 0 amide bonds. The third-order valence-electron chi connectivity index (χ3n) is 4.35. The standard InChI is InChI=1S/C18H21N3O3/c1-4-24-18(23)15-11-19-16-13(10-14-6-5-9-20(14)3)8-7-12(2)21(16)17(15)22/h5-6,9-12H,4,7-8H2,1-3H3. The average Bonchev–Trinajstić information content (AvgIpc) is 2.95. The highest BCUT2D eigenvalue weighted by molar-refractivity contribution is 5.89. The molecule has 0 fully saturated rings. The summed E-state index contributed by atoms with van der Waals surface area (Å²) in [6.07, 6.45) is 7.04. The minimum atomic E-state index is -0.615. The Bertz CT molecular complexity index is 861. The normalized spacial score (nSPS) is 18.5. The first kappa shape index (κ1) is 16.2. The molecule has 6 heteroatoms. The number of carbonyl (C=O) groups excluding carboxylic acids is 1. The van der Waals surface area contributed by atoms with Crippen molar-refractivity contribution in [2.24, 2.45) is 7.05 Å². The van der Waals surface area contributed by atoms with Crippen molar-refractivity contribution in [2.75, 3.05) is 6.61 Å². The van der Waals surface area contributed by atoms with E-state index in [1.54, 1.807) is 11.5 Å². The van der Waals surface area contributed by atoms with Crippen LogP contribution in [0, 0.1) is 0 Å². The van der Waals surface area contributed by atoms with Crippen LogP contribution in [0.25, 0.3) is 11.6 Å². The van der Waals surface area contributed by atoms with E-state index in [2.05, 4.69) is 4.98 Å². The van der Waals surface area contributed by atoms with Gasteiger partial charge in [-0.1, -0.05) is 0 Å². The molecular formula is C18H21N3O3. The molecule has 0 bridgehead atoms. The van der Waals surface area contributed by atoms with E-state index >= 15 is 0 Å². The zero-order chi connectivity index (χ0) is 17.3. The maximum Gasteiger partial charge on any atom is 0.345 e. The molecule has 0 radical (unpaired) electrons. The molecule has 2 aromatic heterocycles. The second-order valence-corrected chi connectivity index (χ2v) is 5.99. The number of ether oxygens (including phenoxy) is 1. The van der Waals surface area contributed by atoms with Crippen LogP contribution < -0.4 is 5.56 Å². The van der Waals surface area contributed by atoms with Crippen LogP contribution in [0.15, 0.2) is 29.3 Å². The van der Waals surface area contributed by atoms with Gasteiger partial charge in [-0.2, -0.15) is 0 Å². The third-order valence-corrected chi connectivity index (χ3v) is 4.35. The van der Waals surface area contributed by atoms with E-state index in [4.69, 9.17) is 4.74 Å². The fourth-order valence-electron chi connectivity index (χ4n) is 3.01. The van der Waals surface area contributed by atoms with Crippen molar-refractivity contribution in [3.05, 3.63) is 52.0 Å². The maximum atomic E-state index is 12.7. The number of hydrogen-bond acceptors (Lipinski definition) is 4. The number of esters is 1. The summed E-state index contributed by atoms with van der Waals surface area (Å²) in [6, 6.07) is 3.99. The zero-order valence-electron chi connectivity index (χ0n) is 14.2. The van der Waals surface area contributed by atoms with E-state index in [9.17, 15) is 9.59 Å². The number of rotatable bonds is 3. The van der Waals surface area contributed by atoms with Gasteiger partial charge in [0.2, 0.25) is 0 Å². The Kier molecular flexibility index (Phi) is 4.38. The van der Waals surface area contributed by atoms with Gasteiger partial charge in [0, 0.05) is 31.2 Å². The van der Waals surface area contributed by atoms with Crippen LogP contribution in [0.2, 0.25) is 0 Å². The van der Waals surface area contributed by atoms with Crippen LogP contribution in [-0.4, -0.2) is 26.7 Å². The van der Waals surface area contributed by atoms with E-state index in [0.29, 0.717) is 5.82 Å². The lowest BCUT2D eigenvalue weighted by molar-refractivity contribution is 0.0522. The summed E-state index contributed by atoms with van der Waals surface area (Å²) in [6.45, 7) is 3.92. The van der Waals surface area contributed by atoms with Gasteiger partial charge in [-0.05, 0) is 50.5 Å². The number of hydrogen-bond donors (Lipinski definition) is 0. The summed E-state index contributed by atoms with van der Waals surface area (Å²) >= 11 is 0. The van der Waals surface area contributed by atoms with Crippen LogP contribution >= 0.6 is 0 Å².